The lowest BCUT2D eigenvalue weighted by atomic mass is 9.92. The van der Waals surface area contributed by atoms with Crippen molar-refractivity contribution in [2.24, 2.45) is 5.41 Å². The van der Waals surface area contributed by atoms with Crippen LogP contribution in [0.3, 0.4) is 0 Å². The predicted octanol–water partition coefficient (Wildman–Crippen LogP) is 3.31. The molecule has 0 atom stereocenters. The second kappa shape index (κ2) is 5.90. The Hall–Kier alpha value is -2.10. The molecular formula is C16H21N3O. The molecule has 0 aliphatic carbocycles. The summed E-state index contributed by atoms with van der Waals surface area (Å²) in [5, 5.41) is 7.09. The molecule has 0 saturated heterocycles. The normalized spacial score (nSPS) is 11.3. The van der Waals surface area contributed by atoms with Crippen LogP contribution in [-0.2, 0) is 11.3 Å². The Bertz CT molecular complexity index is 550. The maximum Gasteiger partial charge on any atom is 0.224 e. The average Bonchev–Trinajstić information content (AvgIpc) is 2.82. The van der Waals surface area contributed by atoms with Gasteiger partial charge in [-0.3, -0.25) is 9.48 Å². The summed E-state index contributed by atoms with van der Waals surface area (Å²) in [6, 6.07) is 9.78. The molecule has 0 unspecified atom stereocenters. The lowest BCUT2D eigenvalue weighted by Gasteiger charge is -2.17. The average molecular weight is 271 g/mol. The van der Waals surface area contributed by atoms with Crippen molar-refractivity contribution in [3.63, 3.8) is 0 Å². The fourth-order valence-electron chi connectivity index (χ4n) is 1.96. The monoisotopic (exact) mass is 271 g/mol. The van der Waals surface area contributed by atoms with Gasteiger partial charge in [-0.05, 0) is 29.2 Å². The van der Waals surface area contributed by atoms with Crippen LogP contribution in [0.4, 0.5) is 5.69 Å². The number of benzene rings is 1. The fourth-order valence-corrected chi connectivity index (χ4v) is 1.96. The van der Waals surface area contributed by atoms with E-state index in [-0.39, 0.29) is 11.3 Å². The van der Waals surface area contributed by atoms with Gasteiger partial charge in [0.1, 0.15) is 0 Å². The first-order valence-electron chi connectivity index (χ1n) is 6.79. The molecule has 1 N–H and O–H groups in total. The summed E-state index contributed by atoms with van der Waals surface area (Å²) in [4.78, 5) is 11.8. The highest BCUT2D eigenvalue weighted by Crippen LogP contribution is 2.19. The third-order valence-electron chi connectivity index (χ3n) is 2.83. The molecule has 0 aliphatic heterocycles. The number of nitrogens with one attached hydrogen (secondary N) is 1. The molecule has 1 aromatic heterocycles. The summed E-state index contributed by atoms with van der Waals surface area (Å²) in [6.07, 6.45) is 4.21. The van der Waals surface area contributed by atoms with Gasteiger partial charge < -0.3 is 5.32 Å². The number of rotatable bonds is 4. The Balaban J connectivity index is 1.93. The van der Waals surface area contributed by atoms with Crippen LogP contribution in [-0.4, -0.2) is 15.7 Å². The number of carbonyl (C=O) groups excluding carboxylic acids is 1. The van der Waals surface area contributed by atoms with Gasteiger partial charge in [0.25, 0.3) is 0 Å². The van der Waals surface area contributed by atoms with E-state index in [1.54, 1.807) is 6.20 Å². The molecule has 2 rings (SSSR count). The molecule has 0 radical (unpaired) electrons. The minimum atomic E-state index is 0.00408. The van der Waals surface area contributed by atoms with Crippen molar-refractivity contribution in [2.45, 2.75) is 33.7 Å². The van der Waals surface area contributed by atoms with Crippen LogP contribution < -0.4 is 5.32 Å². The maximum atomic E-state index is 11.8. The first kappa shape index (κ1) is 14.3. The largest absolute Gasteiger partial charge is 0.326 e. The molecular weight excluding hydrogens is 250 g/mol. The first-order chi connectivity index (χ1) is 9.42. The Morgan fingerprint density at radius 3 is 2.50 bits per heavy atom. The van der Waals surface area contributed by atoms with Crippen LogP contribution >= 0.6 is 0 Å². The predicted molar refractivity (Wildman–Crippen MR) is 80.5 cm³/mol. The zero-order chi connectivity index (χ0) is 14.6. The molecule has 0 fully saturated rings. The minimum Gasteiger partial charge on any atom is -0.326 e. The number of aromatic nitrogens is 2. The van der Waals surface area contributed by atoms with Crippen LogP contribution in [0.5, 0.6) is 0 Å². The lowest BCUT2D eigenvalue weighted by molar-refractivity contribution is -0.117. The van der Waals surface area contributed by atoms with Gasteiger partial charge in [-0.15, -0.1) is 0 Å². The molecule has 1 amide bonds. The Morgan fingerprint density at radius 2 is 1.95 bits per heavy atom. The van der Waals surface area contributed by atoms with Crippen LogP contribution in [0.15, 0.2) is 42.7 Å². The number of anilines is 1. The van der Waals surface area contributed by atoms with Crippen LogP contribution in [0, 0.1) is 5.41 Å². The van der Waals surface area contributed by atoms with Gasteiger partial charge in [-0.2, -0.15) is 5.10 Å². The van der Waals surface area contributed by atoms with Gasteiger partial charge in [0.15, 0.2) is 0 Å². The van der Waals surface area contributed by atoms with Crippen molar-refractivity contribution >= 4 is 11.6 Å². The zero-order valence-corrected chi connectivity index (χ0v) is 12.3. The quantitative estimate of drug-likeness (QED) is 0.927. The Kier molecular flexibility index (Phi) is 4.23. The van der Waals surface area contributed by atoms with E-state index in [2.05, 4.69) is 31.2 Å². The summed E-state index contributed by atoms with van der Waals surface area (Å²) >= 11 is 0. The maximum absolute atomic E-state index is 11.8. The van der Waals surface area contributed by atoms with Gasteiger partial charge in [0.2, 0.25) is 5.91 Å². The summed E-state index contributed by atoms with van der Waals surface area (Å²) in [5.41, 5.74) is 2.00. The molecule has 0 bridgehead atoms. The van der Waals surface area contributed by atoms with E-state index >= 15 is 0 Å². The SMILES string of the molecule is CC(C)(C)CC(=O)Nc1ccc(Cn2cccn2)cc1. The van der Waals surface area contributed by atoms with Gasteiger partial charge in [-0.25, -0.2) is 0 Å². The van der Waals surface area contributed by atoms with Crippen LogP contribution in [0.1, 0.15) is 32.8 Å². The number of hydrogen-bond donors (Lipinski definition) is 1. The highest BCUT2D eigenvalue weighted by molar-refractivity contribution is 5.91. The van der Waals surface area contributed by atoms with Crippen LogP contribution in [0.25, 0.3) is 0 Å². The molecule has 0 saturated carbocycles. The molecule has 1 aromatic carbocycles. The smallest absolute Gasteiger partial charge is 0.224 e. The third-order valence-corrected chi connectivity index (χ3v) is 2.83. The Labute approximate surface area is 119 Å². The van der Waals surface area contributed by atoms with E-state index in [1.807, 2.05) is 41.2 Å². The fraction of sp³-hybridized carbons (Fsp3) is 0.375. The molecule has 0 spiro atoms. The van der Waals surface area contributed by atoms with E-state index < -0.39 is 0 Å². The molecule has 2 aromatic rings. The van der Waals surface area contributed by atoms with Crippen molar-refractivity contribution in [1.82, 2.24) is 9.78 Å². The van der Waals surface area contributed by atoms with E-state index in [0.717, 1.165) is 17.8 Å². The number of carbonyl (C=O) groups is 1. The zero-order valence-electron chi connectivity index (χ0n) is 12.3. The molecule has 1 heterocycles. The third kappa shape index (κ3) is 4.53. The second-order valence-corrected chi connectivity index (χ2v) is 6.19. The second-order valence-electron chi connectivity index (χ2n) is 6.19. The number of amides is 1. The van der Waals surface area contributed by atoms with Gasteiger partial charge in [0.05, 0.1) is 6.54 Å². The topological polar surface area (TPSA) is 46.9 Å². The summed E-state index contributed by atoms with van der Waals surface area (Å²) in [5.74, 6) is 0.0531. The summed E-state index contributed by atoms with van der Waals surface area (Å²) in [6.45, 7) is 6.91. The molecule has 106 valence electrons. The van der Waals surface area contributed by atoms with E-state index in [0.29, 0.717) is 6.42 Å². The van der Waals surface area contributed by atoms with E-state index in [9.17, 15) is 4.79 Å². The van der Waals surface area contributed by atoms with Gasteiger partial charge >= 0.3 is 0 Å². The first-order valence-corrected chi connectivity index (χ1v) is 6.79. The lowest BCUT2D eigenvalue weighted by Crippen LogP contribution is -2.19. The molecule has 4 heteroatoms. The standard InChI is InChI=1S/C16H21N3O/c1-16(2,3)11-15(20)18-14-7-5-13(6-8-14)12-19-10-4-9-17-19/h4-10H,11-12H2,1-3H3,(H,18,20). The minimum absolute atomic E-state index is 0.00408. The van der Waals surface area contributed by atoms with Crippen molar-refractivity contribution in [1.29, 1.82) is 0 Å². The summed E-state index contributed by atoms with van der Waals surface area (Å²) < 4.78 is 1.87. The number of hydrogen-bond acceptors (Lipinski definition) is 2. The molecule has 4 nitrogen and oxygen atoms in total. The van der Waals surface area contributed by atoms with Gasteiger partial charge in [-0.1, -0.05) is 32.9 Å². The van der Waals surface area contributed by atoms with Crippen LogP contribution in [0.2, 0.25) is 0 Å². The Morgan fingerprint density at radius 1 is 1.25 bits per heavy atom. The highest BCUT2D eigenvalue weighted by atomic mass is 16.1. The highest BCUT2D eigenvalue weighted by Gasteiger charge is 2.15. The van der Waals surface area contributed by atoms with E-state index in [4.69, 9.17) is 0 Å². The molecule has 20 heavy (non-hydrogen) atoms. The van der Waals surface area contributed by atoms with E-state index in [1.165, 1.54) is 0 Å². The van der Waals surface area contributed by atoms with Crippen molar-refractivity contribution in [3.05, 3.63) is 48.3 Å². The summed E-state index contributed by atoms with van der Waals surface area (Å²) in [7, 11) is 0. The van der Waals surface area contributed by atoms with Gasteiger partial charge in [0, 0.05) is 24.5 Å². The molecule has 0 aliphatic rings. The number of nitrogens with zero attached hydrogens (tertiary/aromatic N) is 2. The van der Waals surface area contributed by atoms with Crippen molar-refractivity contribution in [2.75, 3.05) is 5.32 Å². The van der Waals surface area contributed by atoms with Crippen molar-refractivity contribution in [3.8, 4) is 0 Å². The van der Waals surface area contributed by atoms with Crippen molar-refractivity contribution < 1.29 is 4.79 Å².